The van der Waals surface area contributed by atoms with E-state index in [9.17, 15) is 4.79 Å². The smallest absolute Gasteiger partial charge is 0.255 e. The number of nitrogens with one attached hydrogen (secondary N) is 2. The molecule has 20 heavy (non-hydrogen) atoms. The minimum atomic E-state index is -0.226. The molecule has 0 fully saturated rings. The number of aromatic nitrogens is 1. The molecule has 0 spiro atoms. The van der Waals surface area contributed by atoms with Crippen molar-refractivity contribution in [1.82, 2.24) is 4.98 Å². The number of para-hydroxylation sites is 1. The zero-order valence-electron chi connectivity index (χ0n) is 10.6. The SMILES string of the molecule is N#Cc1ccccc1NC(=O)c1ccc2[nH]ccc2c1. The molecule has 1 aromatic heterocycles. The summed E-state index contributed by atoms with van der Waals surface area (Å²) >= 11 is 0. The normalized spacial score (nSPS) is 10.2. The molecule has 0 unspecified atom stereocenters. The molecule has 4 heteroatoms. The third-order valence-corrected chi connectivity index (χ3v) is 3.11. The van der Waals surface area contributed by atoms with Gasteiger partial charge in [0.05, 0.1) is 11.3 Å². The molecule has 0 aliphatic heterocycles. The molecule has 0 atom stereocenters. The Hall–Kier alpha value is -3.06. The zero-order valence-corrected chi connectivity index (χ0v) is 10.6. The Morgan fingerprint density at radius 3 is 2.85 bits per heavy atom. The van der Waals surface area contributed by atoms with E-state index < -0.39 is 0 Å². The van der Waals surface area contributed by atoms with Gasteiger partial charge < -0.3 is 10.3 Å². The van der Waals surface area contributed by atoms with Crippen molar-refractivity contribution in [3.8, 4) is 6.07 Å². The first-order valence-corrected chi connectivity index (χ1v) is 6.15. The summed E-state index contributed by atoms with van der Waals surface area (Å²) < 4.78 is 0. The molecule has 2 N–H and O–H groups in total. The number of carbonyl (C=O) groups is 1. The molecule has 0 aliphatic carbocycles. The van der Waals surface area contributed by atoms with Gasteiger partial charge >= 0.3 is 0 Å². The summed E-state index contributed by atoms with van der Waals surface area (Å²) in [6, 6.07) is 16.3. The summed E-state index contributed by atoms with van der Waals surface area (Å²) in [4.78, 5) is 15.3. The van der Waals surface area contributed by atoms with Crippen molar-refractivity contribution in [2.24, 2.45) is 0 Å². The maximum Gasteiger partial charge on any atom is 0.255 e. The third kappa shape index (κ3) is 2.13. The number of amides is 1. The lowest BCUT2D eigenvalue weighted by molar-refractivity contribution is 0.102. The summed E-state index contributed by atoms with van der Waals surface area (Å²) in [5.74, 6) is -0.226. The van der Waals surface area contributed by atoms with Crippen LogP contribution in [0.5, 0.6) is 0 Å². The first-order valence-electron chi connectivity index (χ1n) is 6.15. The maximum absolute atomic E-state index is 12.2. The summed E-state index contributed by atoms with van der Waals surface area (Å²) in [5, 5.41) is 12.8. The van der Waals surface area contributed by atoms with Gasteiger partial charge in [-0.3, -0.25) is 4.79 Å². The topological polar surface area (TPSA) is 68.7 Å². The second-order valence-electron chi connectivity index (χ2n) is 4.39. The maximum atomic E-state index is 12.2. The average Bonchev–Trinajstić information content (AvgIpc) is 2.95. The average molecular weight is 261 g/mol. The molecule has 0 saturated carbocycles. The van der Waals surface area contributed by atoms with E-state index >= 15 is 0 Å². The van der Waals surface area contributed by atoms with E-state index in [1.54, 1.807) is 30.3 Å². The second kappa shape index (κ2) is 4.90. The molecule has 1 heterocycles. The van der Waals surface area contributed by atoms with Gasteiger partial charge in [0.2, 0.25) is 0 Å². The lowest BCUT2D eigenvalue weighted by Gasteiger charge is -2.06. The summed E-state index contributed by atoms with van der Waals surface area (Å²) in [7, 11) is 0. The van der Waals surface area contributed by atoms with Crippen LogP contribution >= 0.6 is 0 Å². The number of rotatable bonds is 2. The number of nitriles is 1. The number of carbonyl (C=O) groups excluding carboxylic acids is 1. The molecule has 2 aromatic carbocycles. The Labute approximate surface area is 115 Å². The largest absolute Gasteiger partial charge is 0.361 e. The fourth-order valence-electron chi connectivity index (χ4n) is 2.08. The van der Waals surface area contributed by atoms with Crippen molar-refractivity contribution in [1.29, 1.82) is 5.26 Å². The van der Waals surface area contributed by atoms with Crippen LogP contribution in [0.4, 0.5) is 5.69 Å². The minimum Gasteiger partial charge on any atom is -0.361 e. The molecule has 0 bridgehead atoms. The van der Waals surface area contributed by atoms with E-state index in [0.29, 0.717) is 16.8 Å². The van der Waals surface area contributed by atoms with E-state index in [1.165, 1.54) is 0 Å². The Balaban J connectivity index is 1.91. The molecule has 0 aliphatic rings. The highest BCUT2D eigenvalue weighted by molar-refractivity contribution is 6.06. The molecule has 3 rings (SSSR count). The van der Waals surface area contributed by atoms with Gasteiger partial charge in [-0.05, 0) is 36.4 Å². The van der Waals surface area contributed by atoms with Gasteiger partial charge in [0, 0.05) is 22.7 Å². The number of aromatic amines is 1. The van der Waals surface area contributed by atoms with Crippen LogP contribution in [0.2, 0.25) is 0 Å². The van der Waals surface area contributed by atoms with Crippen molar-refractivity contribution < 1.29 is 4.79 Å². The van der Waals surface area contributed by atoms with Crippen molar-refractivity contribution in [2.45, 2.75) is 0 Å². The zero-order chi connectivity index (χ0) is 13.9. The highest BCUT2D eigenvalue weighted by Gasteiger charge is 2.09. The van der Waals surface area contributed by atoms with E-state index in [2.05, 4.69) is 16.4 Å². The van der Waals surface area contributed by atoms with Gasteiger partial charge in [-0.2, -0.15) is 5.26 Å². The summed E-state index contributed by atoms with van der Waals surface area (Å²) in [6.45, 7) is 0. The number of benzene rings is 2. The van der Waals surface area contributed by atoms with Gasteiger partial charge in [-0.25, -0.2) is 0 Å². The second-order valence-corrected chi connectivity index (χ2v) is 4.39. The number of hydrogen-bond acceptors (Lipinski definition) is 2. The van der Waals surface area contributed by atoms with Crippen molar-refractivity contribution in [3.63, 3.8) is 0 Å². The van der Waals surface area contributed by atoms with Crippen molar-refractivity contribution in [2.75, 3.05) is 5.32 Å². The standard InChI is InChI=1S/C16H11N3O/c17-10-13-3-1-2-4-15(13)19-16(20)12-5-6-14-11(9-12)7-8-18-14/h1-9,18H,(H,19,20). The monoisotopic (exact) mass is 261 g/mol. The van der Waals surface area contributed by atoms with E-state index in [4.69, 9.17) is 5.26 Å². The van der Waals surface area contributed by atoms with Crippen LogP contribution in [0.15, 0.2) is 54.7 Å². The molecule has 1 amide bonds. The number of nitrogens with zero attached hydrogens (tertiary/aromatic N) is 1. The Bertz CT molecular complexity index is 827. The third-order valence-electron chi connectivity index (χ3n) is 3.11. The minimum absolute atomic E-state index is 0.226. The number of hydrogen-bond donors (Lipinski definition) is 2. The van der Waals surface area contributed by atoms with Crippen molar-refractivity contribution in [3.05, 3.63) is 65.9 Å². The Kier molecular flexibility index (Phi) is 2.94. The summed E-state index contributed by atoms with van der Waals surface area (Å²) in [6.07, 6.45) is 1.83. The van der Waals surface area contributed by atoms with Gasteiger partial charge in [-0.15, -0.1) is 0 Å². The predicted octanol–water partition coefficient (Wildman–Crippen LogP) is 3.29. The molecule has 0 radical (unpaired) electrons. The van der Waals surface area contributed by atoms with Crippen molar-refractivity contribution >= 4 is 22.5 Å². The van der Waals surface area contributed by atoms with Crippen LogP contribution in [0.3, 0.4) is 0 Å². The first-order chi connectivity index (χ1) is 9.78. The fourth-order valence-corrected chi connectivity index (χ4v) is 2.08. The van der Waals surface area contributed by atoms with Crippen LogP contribution in [0, 0.1) is 11.3 Å². The highest BCUT2D eigenvalue weighted by atomic mass is 16.1. The van der Waals surface area contributed by atoms with Gasteiger partial charge in [0.15, 0.2) is 0 Å². The molecular formula is C16H11N3O. The number of H-pyrrole nitrogens is 1. The first kappa shape index (κ1) is 12.0. The molecule has 0 saturated heterocycles. The molecular weight excluding hydrogens is 250 g/mol. The van der Waals surface area contributed by atoms with E-state index in [0.717, 1.165) is 10.9 Å². The van der Waals surface area contributed by atoms with Gasteiger partial charge in [0.1, 0.15) is 6.07 Å². The van der Waals surface area contributed by atoms with Crippen LogP contribution in [0.1, 0.15) is 15.9 Å². The van der Waals surface area contributed by atoms with E-state index in [-0.39, 0.29) is 5.91 Å². The van der Waals surface area contributed by atoms with Crippen LogP contribution in [-0.4, -0.2) is 10.9 Å². The number of fused-ring (bicyclic) bond motifs is 1. The Morgan fingerprint density at radius 2 is 2.00 bits per heavy atom. The predicted molar refractivity (Wildman–Crippen MR) is 77.4 cm³/mol. The quantitative estimate of drug-likeness (QED) is 0.743. The highest BCUT2D eigenvalue weighted by Crippen LogP contribution is 2.18. The number of anilines is 1. The molecule has 4 nitrogen and oxygen atoms in total. The summed E-state index contributed by atoms with van der Waals surface area (Å²) in [5.41, 5.74) is 2.52. The molecule has 96 valence electrons. The molecule has 3 aromatic rings. The van der Waals surface area contributed by atoms with E-state index in [1.807, 2.05) is 24.4 Å². The fraction of sp³-hybridized carbons (Fsp3) is 0. The van der Waals surface area contributed by atoms with Crippen LogP contribution in [-0.2, 0) is 0 Å². The van der Waals surface area contributed by atoms with Gasteiger partial charge in [0.25, 0.3) is 5.91 Å². The lowest BCUT2D eigenvalue weighted by Crippen LogP contribution is -2.12. The lowest BCUT2D eigenvalue weighted by atomic mass is 10.1. The van der Waals surface area contributed by atoms with Crippen LogP contribution in [0.25, 0.3) is 10.9 Å². The van der Waals surface area contributed by atoms with Crippen LogP contribution < -0.4 is 5.32 Å². The Morgan fingerprint density at radius 1 is 1.15 bits per heavy atom. The van der Waals surface area contributed by atoms with Gasteiger partial charge in [-0.1, -0.05) is 12.1 Å².